The molecule has 0 aromatic carbocycles. The van der Waals surface area contributed by atoms with Crippen LogP contribution in [0.1, 0.15) is 6.92 Å². The molecule has 1 aliphatic rings. The van der Waals surface area contributed by atoms with Gasteiger partial charge in [-0.05, 0) is 18.4 Å². The van der Waals surface area contributed by atoms with E-state index in [1.54, 1.807) is 11.8 Å². The zero-order valence-corrected chi connectivity index (χ0v) is 10.9. The molecule has 0 spiro atoms. The first-order chi connectivity index (χ1) is 9.06. The normalized spacial score (nSPS) is 19.8. The first-order valence-corrected chi connectivity index (χ1v) is 6.55. The van der Waals surface area contributed by atoms with Gasteiger partial charge in [-0.25, -0.2) is 4.98 Å². The molecular formula is C11H11N5O2S. The Balaban J connectivity index is 2.14. The van der Waals surface area contributed by atoms with Crippen LogP contribution in [0.4, 0.5) is 11.8 Å². The molecular weight excluding hydrogens is 266 g/mol. The number of nitrogens with zero attached hydrogens (tertiary/aromatic N) is 3. The summed E-state index contributed by atoms with van der Waals surface area (Å²) in [5.41, 5.74) is 5.68. The van der Waals surface area contributed by atoms with Crippen LogP contribution in [0.5, 0.6) is 0 Å². The summed E-state index contributed by atoms with van der Waals surface area (Å²) >= 11 is 1.44. The number of anilines is 2. The maximum atomic E-state index is 11.7. The zero-order valence-electron chi connectivity index (χ0n) is 10.1. The highest BCUT2D eigenvalue weighted by Gasteiger charge is 2.32. The highest BCUT2D eigenvalue weighted by atomic mass is 32.1. The number of imide groups is 1. The van der Waals surface area contributed by atoms with Crippen molar-refractivity contribution in [2.24, 2.45) is 0 Å². The van der Waals surface area contributed by atoms with E-state index in [2.05, 4.69) is 15.3 Å². The zero-order chi connectivity index (χ0) is 13.6. The lowest BCUT2D eigenvalue weighted by molar-refractivity contribution is -0.132. The lowest BCUT2D eigenvalue weighted by Gasteiger charge is -2.32. The van der Waals surface area contributed by atoms with Crippen molar-refractivity contribution in [2.45, 2.75) is 13.0 Å². The first-order valence-electron chi connectivity index (χ1n) is 5.67. The van der Waals surface area contributed by atoms with E-state index in [0.717, 1.165) is 10.2 Å². The van der Waals surface area contributed by atoms with E-state index in [-0.39, 0.29) is 24.3 Å². The Bertz CT molecular complexity index is 683. The Morgan fingerprint density at radius 1 is 1.47 bits per heavy atom. The van der Waals surface area contributed by atoms with Crippen LogP contribution in [0, 0.1) is 0 Å². The van der Waals surface area contributed by atoms with Gasteiger partial charge in [0.2, 0.25) is 17.8 Å². The van der Waals surface area contributed by atoms with Gasteiger partial charge in [-0.2, -0.15) is 4.98 Å². The van der Waals surface area contributed by atoms with Crippen LogP contribution in [0.2, 0.25) is 0 Å². The minimum Gasteiger partial charge on any atom is -0.368 e. The van der Waals surface area contributed by atoms with Crippen LogP contribution in [-0.4, -0.2) is 34.4 Å². The molecule has 1 unspecified atom stereocenters. The number of fused-ring (bicyclic) bond motifs is 1. The van der Waals surface area contributed by atoms with Crippen LogP contribution in [0.25, 0.3) is 10.2 Å². The fraction of sp³-hybridized carbons (Fsp3) is 0.273. The van der Waals surface area contributed by atoms with E-state index in [9.17, 15) is 9.59 Å². The number of carbonyl (C=O) groups is 2. The lowest BCUT2D eigenvalue weighted by Crippen LogP contribution is -2.57. The molecule has 1 aliphatic heterocycles. The molecule has 19 heavy (non-hydrogen) atoms. The van der Waals surface area contributed by atoms with Crippen molar-refractivity contribution in [3.8, 4) is 0 Å². The van der Waals surface area contributed by atoms with Gasteiger partial charge in [-0.15, -0.1) is 11.3 Å². The average molecular weight is 277 g/mol. The van der Waals surface area contributed by atoms with Gasteiger partial charge in [0.05, 0.1) is 11.9 Å². The summed E-state index contributed by atoms with van der Waals surface area (Å²) in [4.78, 5) is 33.9. The number of amides is 2. The van der Waals surface area contributed by atoms with Crippen molar-refractivity contribution >= 4 is 45.1 Å². The van der Waals surface area contributed by atoms with Gasteiger partial charge in [0.15, 0.2) is 0 Å². The van der Waals surface area contributed by atoms with Gasteiger partial charge in [0.25, 0.3) is 0 Å². The van der Waals surface area contributed by atoms with E-state index >= 15 is 0 Å². The second-order valence-electron chi connectivity index (χ2n) is 4.26. The summed E-state index contributed by atoms with van der Waals surface area (Å²) in [5.74, 6) is -0.0180. The predicted molar refractivity (Wildman–Crippen MR) is 71.8 cm³/mol. The van der Waals surface area contributed by atoms with Crippen molar-refractivity contribution in [2.75, 3.05) is 17.2 Å². The average Bonchev–Trinajstić information content (AvgIpc) is 2.80. The number of thiophene rings is 1. The van der Waals surface area contributed by atoms with Crippen LogP contribution in [-0.2, 0) is 9.59 Å². The monoisotopic (exact) mass is 277 g/mol. The number of nitrogens with two attached hydrogens (primary N) is 1. The van der Waals surface area contributed by atoms with Crippen molar-refractivity contribution < 1.29 is 9.59 Å². The van der Waals surface area contributed by atoms with Crippen LogP contribution in [0.3, 0.4) is 0 Å². The smallest absolute Gasteiger partial charge is 0.249 e. The molecule has 3 heterocycles. The highest BCUT2D eigenvalue weighted by Crippen LogP contribution is 2.30. The summed E-state index contributed by atoms with van der Waals surface area (Å²) in [6, 6.07) is 1.38. The maximum Gasteiger partial charge on any atom is 0.249 e. The Labute approximate surface area is 112 Å². The second kappa shape index (κ2) is 4.16. The number of rotatable bonds is 1. The molecule has 3 N–H and O–H groups in total. The quantitative estimate of drug-likeness (QED) is 0.718. The summed E-state index contributed by atoms with van der Waals surface area (Å²) in [6.45, 7) is 1.80. The van der Waals surface area contributed by atoms with E-state index in [1.165, 1.54) is 11.3 Å². The molecule has 8 heteroatoms. The molecule has 2 aromatic heterocycles. The summed E-state index contributed by atoms with van der Waals surface area (Å²) in [7, 11) is 0. The van der Waals surface area contributed by atoms with E-state index < -0.39 is 6.04 Å². The highest BCUT2D eigenvalue weighted by molar-refractivity contribution is 7.16. The Kier molecular flexibility index (Phi) is 2.59. The van der Waals surface area contributed by atoms with Crippen molar-refractivity contribution in [1.82, 2.24) is 15.3 Å². The third-order valence-corrected chi connectivity index (χ3v) is 3.82. The largest absolute Gasteiger partial charge is 0.368 e. The third-order valence-electron chi connectivity index (χ3n) is 3.02. The molecule has 1 fully saturated rings. The molecule has 1 saturated heterocycles. The fourth-order valence-corrected chi connectivity index (χ4v) is 2.81. The molecule has 0 aliphatic carbocycles. The molecule has 0 saturated carbocycles. The van der Waals surface area contributed by atoms with Crippen LogP contribution in [0.15, 0.2) is 11.4 Å². The number of nitrogens with one attached hydrogen (secondary N) is 1. The molecule has 7 nitrogen and oxygen atoms in total. The van der Waals surface area contributed by atoms with Gasteiger partial charge < -0.3 is 10.6 Å². The van der Waals surface area contributed by atoms with Gasteiger partial charge in [-0.1, -0.05) is 0 Å². The van der Waals surface area contributed by atoms with E-state index in [1.807, 2.05) is 11.4 Å². The molecule has 0 radical (unpaired) electrons. The number of hydrogen-bond acceptors (Lipinski definition) is 7. The van der Waals surface area contributed by atoms with E-state index in [4.69, 9.17) is 5.73 Å². The lowest BCUT2D eigenvalue weighted by atomic mass is 10.2. The molecule has 2 amide bonds. The van der Waals surface area contributed by atoms with E-state index in [0.29, 0.717) is 5.82 Å². The minimum atomic E-state index is -0.477. The molecule has 2 aromatic rings. The summed E-state index contributed by atoms with van der Waals surface area (Å²) in [6.07, 6.45) is 0. The summed E-state index contributed by atoms with van der Waals surface area (Å²) in [5, 5.41) is 4.97. The minimum absolute atomic E-state index is 0.0777. The maximum absolute atomic E-state index is 11.7. The second-order valence-corrected chi connectivity index (χ2v) is 5.16. The molecule has 3 rings (SSSR count). The van der Waals surface area contributed by atoms with Crippen molar-refractivity contribution in [1.29, 1.82) is 0 Å². The SMILES string of the molecule is CC1C(=O)NC(=O)CN1c1nc(N)nc2sccc12. The summed E-state index contributed by atoms with van der Waals surface area (Å²) < 4.78 is 0. The van der Waals surface area contributed by atoms with Gasteiger partial charge in [0, 0.05) is 0 Å². The third kappa shape index (κ3) is 1.89. The van der Waals surface area contributed by atoms with Gasteiger partial charge in [0.1, 0.15) is 16.7 Å². The number of hydrogen-bond donors (Lipinski definition) is 2. The Hall–Kier alpha value is -2.22. The topological polar surface area (TPSA) is 101 Å². The van der Waals surface area contributed by atoms with Gasteiger partial charge in [-0.3, -0.25) is 14.9 Å². The number of piperazine rings is 1. The van der Waals surface area contributed by atoms with Crippen LogP contribution < -0.4 is 16.0 Å². The number of carbonyl (C=O) groups excluding carboxylic acids is 2. The molecule has 0 bridgehead atoms. The van der Waals surface area contributed by atoms with Crippen LogP contribution >= 0.6 is 11.3 Å². The fourth-order valence-electron chi connectivity index (χ4n) is 2.05. The Morgan fingerprint density at radius 2 is 2.26 bits per heavy atom. The first kappa shape index (κ1) is 11.8. The molecule has 98 valence electrons. The molecule has 1 atom stereocenters. The Morgan fingerprint density at radius 3 is 3.05 bits per heavy atom. The standard InChI is InChI=1S/C11H11N5O2S/c1-5-9(18)13-7(17)4-16(5)8-6-2-3-19-10(6)15-11(12)14-8/h2-3,5H,4H2,1H3,(H2,12,14,15)(H,13,17,18). The van der Waals surface area contributed by atoms with Gasteiger partial charge >= 0.3 is 0 Å². The van der Waals surface area contributed by atoms with Crippen molar-refractivity contribution in [3.05, 3.63) is 11.4 Å². The van der Waals surface area contributed by atoms with Crippen molar-refractivity contribution in [3.63, 3.8) is 0 Å². The number of aromatic nitrogens is 2. The number of nitrogen functional groups attached to an aromatic ring is 1. The predicted octanol–water partition coefficient (Wildman–Crippen LogP) is 0.125.